The van der Waals surface area contributed by atoms with Crippen LogP contribution >= 0.6 is 23.2 Å². The topological polar surface area (TPSA) is 77.8 Å². The Kier molecular flexibility index (Phi) is 6.84. The highest BCUT2D eigenvalue weighted by atomic mass is 35.5. The quantitative estimate of drug-likeness (QED) is 0.193. The summed E-state index contributed by atoms with van der Waals surface area (Å²) in [6.45, 7) is 0. The van der Waals surface area contributed by atoms with Gasteiger partial charge in [0.05, 0.1) is 0 Å². The van der Waals surface area contributed by atoms with Crippen LogP contribution in [0, 0.1) is 0 Å². The summed E-state index contributed by atoms with van der Waals surface area (Å²) in [5, 5.41) is 18.2. The summed E-state index contributed by atoms with van der Waals surface area (Å²) < 4.78 is 11.9. The lowest BCUT2D eigenvalue weighted by Gasteiger charge is -2.11. The van der Waals surface area contributed by atoms with Gasteiger partial charge in [-0.05, 0) is 95.1 Å². The Bertz CT molecular complexity index is 1830. The lowest BCUT2D eigenvalue weighted by molar-refractivity contribution is 0.584. The first-order valence-corrected chi connectivity index (χ1v) is 13.9. The molecule has 2 heterocycles. The molecule has 0 unspecified atom stereocenters. The van der Waals surface area contributed by atoms with E-state index in [2.05, 4.69) is 56.8 Å². The van der Waals surface area contributed by atoms with Gasteiger partial charge in [0.1, 0.15) is 0 Å². The highest BCUT2D eigenvalue weighted by Crippen LogP contribution is 2.35. The van der Waals surface area contributed by atoms with Crippen LogP contribution in [0.5, 0.6) is 0 Å². The molecule has 0 atom stereocenters. The Morgan fingerprint density at radius 2 is 0.595 bits per heavy atom. The molecule has 0 aliphatic heterocycles. The fourth-order valence-corrected chi connectivity index (χ4v) is 4.92. The van der Waals surface area contributed by atoms with Crippen LogP contribution in [0.25, 0.3) is 68.1 Å². The van der Waals surface area contributed by atoms with E-state index in [4.69, 9.17) is 32.0 Å². The van der Waals surface area contributed by atoms with Crippen LogP contribution in [0.15, 0.2) is 130 Å². The number of aromatic nitrogens is 4. The van der Waals surface area contributed by atoms with Gasteiger partial charge in [-0.1, -0.05) is 71.7 Å². The number of rotatable bonds is 6. The Balaban J connectivity index is 1.12. The minimum absolute atomic E-state index is 0.446. The molecule has 2 aromatic heterocycles. The smallest absolute Gasteiger partial charge is 0.248 e. The van der Waals surface area contributed by atoms with Crippen LogP contribution in [0.4, 0.5) is 0 Å². The van der Waals surface area contributed by atoms with Crippen molar-refractivity contribution in [3.63, 3.8) is 0 Å². The summed E-state index contributed by atoms with van der Waals surface area (Å²) >= 11 is 12.0. The van der Waals surface area contributed by atoms with Crippen molar-refractivity contribution in [1.82, 2.24) is 20.4 Å². The largest absolute Gasteiger partial charge is 0.416 e. The fourth-order valence-electron chi connectivity index (χ4n) is 4.67. The second-order valence-corrected chi connectivity index (χ2v) is 10.4. The molecule has 0 amide bonds. The molecule has 8 heteroatoms. The van der Waals surface area contributed by atoms with E-state index in [9.17, 15) is 0 Å². The molecule has 7 rings (SSSR count). The molecule has 0 N–H and O–H groups in total. The summed E-state index contributed by atoms with van der Waals surface area (Å²) in [4.78, 5) is 0. The van der Waals surface area contributed by atoms with Crippen LogP contribution in [-0.4, -0.2) is 20.4 Å². The minimum Gasteiger partial charge on any atom is -0.416 e. The van der Waals surface area contributed by atoms with Gasteiger partial charge in [0.25, 0.3) is 0 Å². The number of benzene rings is 5. The van der Waals surface area contributed by atoms with Gasteiger partial charge in [-0.15, -0.1) is 20.4 Å². The maximum absolute atomic E-state index is 5.99. The van der Waals surface area contributed by atoms with E-state index in [1.54, 1.807) is 24.3 Å². The zero-order valence-electron chi connectivity index (χ0n) is 21.9. The predicted octanol–water partition coefficient (Wildman–Crippen LogP) is 9.76. The summed E-state index contributed by atoms with van der Waals surface area (Å²) in [5.74, 6) is 1.80. The Labute approximate surface area is 251 Å². The molecule has 42 heavy (non-hydrogen) atoms. The molecule has 5 aromatic carbocycles. The van der Waals surface area contributed by atoms with Crippen molar-refractivity contribution in [2.45, 2.75) is 0 Å². The van der Waals surface area contributed by atoms with Gasteiger partial charge in [0.15, 0.2) is 0 Å². The third kappa shape index (κ3) is 5.21. The third-order valence-electron chi connectivity index (χ3n) is 6.85. The molecule has 0 spiro atoms. The summed E-state index contributed by atoms with van der Waals surface area (Å²) in [5.41, 5.74) is 7.66. The molecule has 0 radical (unpaired) electrons. The van der Waals surface area contributed by atoms with Crippen LogP contribution in [-0.2, 0) is 0 Å². The molecule has 7 aromatic rings. The van der Waals surface area contributed by atoms with E-state index in [1.165, 1.54) is 0 Å². The van der Waals surface area contributed by atoms with E-state index in [-0.39, 0.29) is 0 Å². The maximum Gasteiger partial charge on any atom is 0.248 e. The molecular formula is C34H20Cl2N4O2. The molecule has 0 aliphatic rings. The molecule has 0 saturated heterocycles. The van der Waals surface area contributed by atoms with E-state index in [1.807, 2.05) is 60.7 Å². The van der Waals surface area contributed by atoms with Gasteiger partial charge < -0.3 is 8.83 Å². The third-order valence-corrected chi connectivity index (χ3v) is 7.35. The molecule has 202 valence electrons. The van der Waals surface area contributed by atoms with E-state index < -0.39 is 0 Å². The van der Waals surface area contributed by atoms with Gasteiger partial charge in [-0.2, -0.15) is 0 Å². The first-order chi connectivity index (χ1) is 20.6. The first kappa shape index (κ1) is 25.9. The van der Waals surface area contributed by atoms with Crippen LogP contribution in [0.2, 0.25) is 10.0 Å². The second-order valence-electron chi connectivity index (χ2n) is 9.54. The number of nitrogens with zero attached hydrogens (tertiary/aromatic N) is 4. The monoisotopic (exact) mass is 586 g/mol. The SMILES string of the molecule is Clc1ccc(-c2nnc(-c3ccc(-c4ccccc4-c4ccc(-c5nnc(-c6ccc(Cl)cc6)o5)cc4)cc3)o2)cc1. The fraction of sp³-hybridized carbons (Fsp3) is 0. The standard InChI is InChI=1S/C34H20Cl2N4O2/c35-27-17-13-25(14-18-27)33-39-37-31(41-33)23-9-5-21(6-10-23)29-3-1-2-4-30(29)22-7-11-24(12-8-22)32-38-40-34(42-32)26-15-19-28(36)20-16-26/h1-20H. The number of hydrogen-bond acceptors (Lipinski definition) is 6. The Hall–Kier alpha value is -5.04. The van der Waals surface area contributed by atoms with Crippen molar-refractivity contribution in [2.75, 3.05) is 0 Å². The number of halogens is 2. The highest BCUT2D eigenvalue weighted by Gasteiger charge is 2.14. The van der Waals surface area contributed by atoms with Gasteiger partial charge in [-0.25, -0.2) is 0 Å². The van der Waals surface area contributed by atoms with Gasteiger partial charge in [-0.3, -0.25) is 0 Å². The number of hydrogen-bond donors (Lipinski definition) is 0. The summed E-state index contributed by atoms with van der Waals surface area (Å²) in [6, 6.07) is 39.1. The Morgan fingerprint density at radius 1 is 0.333 bits per heavy atom. The normalized spacial score (nSPS) is 11.1. The van der Waals surface area contributed by atoms with Crippen molar-refractivity contribution in [1.29, 1.82) is 0 Å². The lowest BCUT2D eigenvalue weighted by Crippen LogP contribution is -1.86. The minimum atomic E-state index is 0.446. The van der Waals surface area contributed by atoms with Crippen LogP contribution in [0.1, 0.15) is 0 Å². The molecule has 0 fully saturated rings. The van der Waals surface area contributed by atoms with Gasteiger partial charge in [0.2, 0.25) is 23.6 Å². The van der Waals surface area contributed by atoms with Crippen molar-refractivity contribution < 1.29 is 8.83 Å². The average Bonchev–Trinajstić information content (AvgIpc) is 3.73. The van der Waals surface area contributed by atoms with Crippen molar-refractivity contribution in [2.24, 2.45) is 0 Å². The molecular weight excluding hydrogens is 567 g/mol. The lowest BCUT2D eigenvalue weighted by atomic mass is 9.93. The zero-order chi connectivity index (χ0) is 28.5. The van der Waals surface area contributed by atoms with E-state index >= 15 is 0 Å². The summed E-state index contributed by atoms with van der Waals surface area (Å²) in [6.07, 6.45) is 0. The Morgan fingerprint density at radius 3 is 0.905 bits per heavy atom. The maximum atomic E-state index is 5.99. The average molecular weight is 587 g/mol. The van der Waals surface area contributed by atoms with Gasteiger partial charge >= 0.3 is 0 Å². The molecule has 0 saturated carbocycles. The van der Waals surface area contributed by atoms with E-state index in [0.717, 1.165) is 44.5 Å². The molecule has 6 nitrogen and oxygen atoms in total. The van der Waals surface area contributed by atoms with Crippen LogP contribution < -0.4 is 0 Å². The second kappa shape index (κ2) is 11.1. The molecule has 0 aliphatic carbocycles. The van der Waals surface area contributed by atoms with Crippen molar-refractivity contribution >= 4 is 23.2 Å². The zero-order valence-corrected chi connectivity index (χ0v) is 23.4. The van der Waals surface area contributed by atoms with Crippen molar-refractivity contribution in [3.8, 4) is 68.1 Å². The predicted molar refractivity (Wildman–Crippen MR) is 165 cm³/mol. The summed E-state index contributed by atoms with van der Waals surface area (Å²) in [7, 11) is 0. The highest BCUT2D eigenvalue weighted by molar-refractivity contribution is 6.30. The molecule has 0 bridgehead atoms. The van der Waals surface area contributed by atoms with E-state index in [0.29, 0.717) is 33.6 Å². The first-order valence-electron chi connectivity index (χ1n) is 13.1. The van der Waals surface area contributed by atoms with Gasteiger partial charge in [0, 0.05) is 32.3 Å². The van der Waals surface area contributed by atoms with Crippen LogP contribution in [0.3, 0.4) is 0 Å². The van der Waals surface area contributed by atoms with Crippen molar-refractivity contribution in [3.05, 3.63) is 131 Å².